The van der Waals surface area contributed by atoms with Gasteiger partial charge in [0.05, 0.1) is 0 Å². The number of anilines is 1. The van der Waals surface area contributed by atoms with E-state index in [1.807, 2.05) is 6.07 Å². The molecule has 1 heterocycles. The minimum absolute atomic E-state index is 0.416. The number of rotatable bonds is 3. The maximum Gasteiger partial charge on any atom is 0.339 e. The lowest BCUT2D eigenvalue weighted by atomic mass is 10.2. The van der Waals surface area contributed by atoms with Crippen LogP contribution in [0.25, 0.3) is 0 Å². The van der Waals surface area contributed by atoms with Gasteiger partial charge in [-0.3, -0.25) is 19.4 Å². The van der Waals surface area contributed by atoms with Crippen molar-refractivity contribution in [3.8, 4) is 0 Å². The highest BCUT2D eigenvalue weighted by molar-refractivity contribution is 7.98. The molecular weight excluding hydrogens is 288 g/mol. The van der Waals surface area contributed by atoms with E-state index in [4.69, 9.17) is 17.3 Å². The van der Waals surface area contributed by atoms with E-state index in [2.05, 4.69) is 10.1 Å². The van der Waals surface area contributed by atoms with Gasteiger partial charge in [-0.05, 0) is 17.7 Å². The molecule has 0 atom stereocenters. The van der Waals surface area contributed by atoms with Gasteiger partial charge in [0.25, 0.3) is 0 Å². The monoisotopic (exact) mass is 298 g/mol. The number of thioether (sulfide) groups is 1. The minimum atomic E-state index is -0.801. The molecule has 0 fully saturated rings. The lowest BCUT2D eigenvalue weighted by Crippen LogP contribution is -2.33. The van der Waals surface area contributed by atoms with Crippen molar-refractivity contribution in [3.05, 3.63) is 49.5 Å². The van der Waals surface area contributed by atoms with Gasteiger partial charge in [-0.25, -0.2) is 0 Å². The number of nitrogen functional groups attached to an aromatic ring is 1. The average Bonchev–Trinajstić information content (AvgIpc) is 2.34. The summed E-state index contributed by atoms with van der Waals surface area (Å²) in [6.45, 7) is 0. The van der Waals surface area contributed by atoms with Gasteiger partial charge in [-0.2, -0.15) is 4.98 Å². The maximum absolute atomic E-state index is 11.2. The van der Waals surface area contributed by atoms with Crippen molar-refractivity contribution in [1.29, 1.82) is 0 Å². The number of aromatic nitrogens is 3. The molecule has 0 amide bonds. The van der Waals surface area contributed by atoms with Gasteiger partial charge >= 0.3 is 11.1 Å². The first-order chi connectivity index (χ1) is 8.97. The lowest BCUT2D eigenvalue weighted by Gasteiger charge is -2.07. The molecule has 0 saturated heterocycles. The normalized spacial score (nSPS) is 10.6. The summed E-state index contributed by atoms with van der Waals surface area (Å²) in [4.78, 5) is 25.9. The molecule has 2 rings (SSSR count). The summed E-state index contributed by atoms with van der Waals surface area (Å²) in [6, 6.07) is 5.22. The third-order valence-electron chi connectivity index (χ3n) is 2.41. The smallest absolute Gasteiger partial charge is 0.339 e. The largest absolute Gasteiger partial charge is 0.398 e. The Morgan fingerprint density at radius 1 is 1.47 bits per heavy atom. The number of benzene rings is 1. The summed E-state index contributed by atoms with van der Waals surface area (Å²) in [5, 5.41) is 3.37. The van der Waals surface area contributed by atoms with Crippen LogP contribution >= 0.6 is 23.4 Å². The van der Waals surface area contributed by atoms with Gasteiger partial charge in [0.2, 0.25) is 0 Å². The zero-order valence-corrected chi connectivity index (χ0v) is 11.6. The van der Waals surface area contributed by atoms with Crippen molar-refractivity contribution < 1.29 is 0 Å². The van der Waals surface area contributed by atoms with Crippen molar-refractivity contribution in [3.63, 3.8) is 0 Å². The molecule has 0 radical (unpaired) electrons. The Morgan fingerprint density at radius 2 is 2.21 bits per heavy atom. The highest BCUT2D eigenvalue weighted by atomic mass is 35.5. The first-order valence-corrected chi connectivity index (χ1v) is 6.68. The number of aryl methyl sites for hydroxylation is 1. The van der Waals surface area contributed by atoms with Crippen LogP contribution in [-0.2, 0) is 12.8 Å². The zero-order valence-electron chi connectivity index (χ0n) is 10.0. The van der Waals surface area contributed by atoms with E-state index in [1.54, 1.807) is 19.2 Å². The molecule has 0 aliphatic carbocycles. The predicted octanol–water partition coefficient (Wildman–Crippen LogP) is 0.996. The number of hydrogen-bond acceptors (Lipinski definition) is 5. The molecule has 0 bridgehead atoms. The Kier molecular flexibility index (Phi) is 3.96. The number of aromatic amines is 1. The summed E-state index contributed by atoms with van der Waals surface area (Å²) in [7, 11) is 1.61. The minimum Gasteiger partial charge on any atom is -0.398 e. The topological polar surface area (TPSA) is 93.8 Å². The summed E-state index contributed by atoms with van der Waals surface area (Å²) in [5.74, 6) is 0.523. The first-order valence-electron chi connectivity index (χ1n) is 5.31. The molecule has 1 aromatic carbocycles. The van der Waals surface area contributed by atoms with Crippen molar-refractivity contribution >= 4 is 29.1 Å². The van der Waals surface area contributed by atoms with E-state index in [0.717, 1.165) is 5.56 Å². The van der Waals surface area contributed by atoms with E-state index in [9.17, 15) is 9.59 Å². The van der Waals surface area contributed by atoms with Crippen molar-refractivity contribution in [2.45, 2.75) is 10.9 Å². The number of H-pyrrole nitrogens is 1. The highest BCUT2D eigenvalue weighted by Gasteiger charge is 2.07. The van der Waals surface area contributed by atoms with Crippen LogP contribution < -0.4 is 16.9 Å². The number of hydrogen-bond donors (Lipinski definition) is 2. The Labute approximate surface area is 117 Å². The number of nitrogens with two attached hydrogens (primary N) is 1. The number of nitrogens with one attached hydrogen (secondary N) is 1. The molecular formula is C11H11ClN4O2S. The fourth-order valence-corrected chi connectivity index (χ4v) is 2.54. The van der Waals surface area contributed by atoms with Crippen molar-refractivity contribution in [1.82, 2.24) is 14.8 Å². The van der Waals surface area contributed by atoms with Crippen LogP contribution in [0.2, 0.25) is 5.02 Å². The van der Waals surface area contributed by atoms with E-state index < -0.39 is 11.1 Å². The summed E-state index contributed by atoms with van der Waals surface area (Å²) in [5.41, 5.74) is 5.76. The van der Waals surface area contributed by atoms with Crippen molar-refractivity contribution in [2.75, 3.05) is 5.73 Å². The second kappa shape index (κ2) is 5.50. The van der Waals surface area contributed by atoms with Crippen LogP contribution in [-0.4, -0.2) is 14.8 Å². The van der Waals surface area contributed by atoms with Gasteiger partial charge in [0, 0.05) is 23.5 Å². The second-order valence-electron chi connectivity index (χ2n) is 3.83. The van der Waals surface area contributed by atoms with E-state index >= 15 is 0 Å². The number of halogens is 1. The van der Waals surface area contributed by atoms with Crippen LogP contribution in [0.1, 0.15) is 5.56 Å². The van der Waals surface area contributed by atoms with Crippen LogP contribution in [0.15, 0.2) is 32.9 Å². The molecule has 0 spiro atoms. The molecule has 19 heavy (non-hydrogen) atoms. The third kappa shape index (κ3) is 3.18. The Bertz CT molecular complexity index is 725. The summed E-state index contributed by atoms with van der Waals surface area (Å²) in [6.07, 6.45) is 0. The third-order valence-corrected chi connectivity index (χ3v) is 3.73. The van der Waals surface area contributed by atoms with Gasteiger partial charge in [0.1, 0.15) is 0 Å². The molecule has 0 saturated carbocycles. The van der Waals surface area contributed by atoms with E-state index in [0.29, 0.717) is 21.6 Å². The molecule has 6 nitrogen and oxygen atoms in total. The van der Waals surface area contributed by atoms with Crippen LogP contribution in [0, 0.1) is 0 Å². The van der Waals surface area contributed by atoms with Gasteiger partial charge in [0.15, 0.2) is 5.16 Å². The fraction of sp³-hybridized carbons (Fsp3) is 0.182. The van der Waals surface area contributed by atoms with Gasteiger partial charge in [-0.15, -0.1) is 0 Å². The van der Waals surface area contributed by atoms with E-state index in [1.165, 1.54) is 16.4 Å². The SMILES string of the molecule is Cn1[nH]c(=O)c(=O)nc1SCc1ccc(Cl)cc1N. The quantitative estimate of drug-likeness (QED) is 0.501. The predicted molar refractivity (Wildman–Crippen MR) is 75.5 cm³/mol. The Hall–Kier alpha value is -1.73. The lowest BCUT2D eigenvalue weighted by molar-refractivity contribution is 0.596. The Morgan fingerprint density at radius 3 is 2.89 bits per heavy atom. The molecule has 2 aromatic rings. The van der Waals surface area contributed by atoms with Crippen LogP contribution in [0.5, 0.6) is 0 Å². The highest BCUT2D eigenvalue weighted by Crippen LogP contribution is 2.25. The summed E-state index contributed by atoms with van der Waals surface area (Å²) >= 11 is 7.11. The van der Waals surface area contributed by atoms with Gasteiger partial charge < -0.3 is 5.73 Å². The standard InChI is InChI=1S/C11H11ClN4O2S/c1-16-11(14-9(17)10(18)15-16)19-5-6-2-3-7(12)4-8(6)13/h2-4H,5,13H2,1H3,(H,15,18). The molecule has 3 N–H and O–H groups in total. The Balaban J connectivity index is 2.21. The fourth-order valence-electron chi connectivity index (χ4n) is 1.43. The maximum atomic E-state index is 11.2. The van der Waals surface area contributed by atoms with Crippen LogP contribution in [0.3, 0.4) is 0 Å². The molecule has 0 unspecified atom stereocenters. The summed E-state index contributed by atoms with van der Waals surface area (Å²) < 4.78 is 1.40. The second-order valence-corrected chi connectivity index (χ2v) is 5.21. The van der Waals surface area contributed by atoms with Crippen LogP contribution in [0.4, 0.5) is 5.69 Å². The average molecular weight is 299 g/mol. The van der Waals surface area contributed by atoms with Crippen molar-refractivity contribution in [2.24, 2.45) is 7.05 Å². The molecule has 0 aliphatic heterocycles. The first kappa shape index (κ1) is 13.7. The van der Waals surface area contributed by atoms with Gasteiger partial charge in [-0.1, -0.05) is 29.4 Å². The molecule has 0 aliphatic rings. The van der Waals surface area contributed by atoms with E-state index in [-0.39, 0.29) is 0 Å². The molecule has 1 aromatic heterocycles. The zero-order chi connectivity index (χ0) is 14.0. The number of nitrogens with zero attached hydrogens (tertiary/aromatic N) is 2. The molecule has 8 heteroatoms. The molecule has 100 valence electrons.